The Hall–Kier alpha value is -1.75. The molecule has 0 spiro atoms. The van der Waals surface area contributed by atoms with Crippen LogP contribution in [-0.4, -0.2) is 58.2 Å². The van der Waals surface area contributed by atoms with Crippen LogP contribution in [0.25, 0.3) is 0 Å². The first-order chi connectivity index (χ1) is 9.72. The first-order valence-corrected chi connectivity index (χ1v) is 6.95. The normalized spacial score (nSPS) is 14.7. The maximum absolute atomic E-state index is 5.94. The summed E-state index contributed by atoms with van der Waals surface area (Å²) in [7, 11) is 5.71. The molecule has 0 bridgehead atoms. The summed E-state index contributed by atoms with van der Waals surface area (Å²) in [5, 5.41) is 3.33. The number of ether oxygens (including phenoxy) is 2. The number of benzene rings is 1. The van der Waals surface area contributed by atoms with Crippen LogP contribution < -0.4 is 14.8 Å². The number of hydrogen-bond donors (Lipinski definition) is 1. The summed E-state index contributed by atoms with van der Waals surface area (Å²) >= 11 is 0. The van der Waals surface area contributed by atoms with Gasteiger partial charge in [-0.1, -0.05) is 6.07 Å². The molecule has 1 aromatic rings. The molecular weight excluding hydrogens is 254 g/mol. The number of amidine groups is 1. The van der Waals surface area contributed by atoms with E-state index in [-0.39, 0.29) is 0 Å². The summed E-state index contributed by atoms with van der Waals surface area (Å²) in [5.74, 6) is 2.41. The third kappa shape index (κ3) is 3.63. The van der Waals surface area contributed by atoms with Crippen molar-refractivity contribution in [3.05, 3.63) is 23.8 Å². The van der Waals surface area contributed by atoms with Crippen molar-refractivity contribution in [2.45, 2.75) is 6.42 Å². The van der Waals surface area contributed by atoms with Gasteiger partial charge >= 0.3 is 0 Å². The van der Waals surface area contributed by atoms with Gasteiger partial charge in [0.2, 0.25) is 0 Å². The standard InChI is InChI=1S/C15H23N3O2/c1-18(2)10-11-20-14-12(6-4-7-13(14)19-3)15-16-8-5-9-17-15/h4,6-7H,5,8-11H2,1-3H3,(H,16,17). The van der Waals surface area contributed by atoms with Crippen LogP contribution in [0.1, 0.15) is 12.0 Å². The monoisotopic (exact) mass is 277 g/mol. The molecule has 2 rings (SSSR count). The number of likely N-dealkylation sites (N-methyl/N-ethyl adjacent to an activating group) is 1. The summed E-state index contributed by atoms with van der Waals surface area (Å²) in [4.78, 5) is 6.63. The molecule has 1 aromatic carbocycles. The molecule has 20 heavy (non-hydrogen) atoms. The van der Waals surface area contributed by atoms with Crippen molar-refractivity contribution in [3.63, 3.8) is 0 Å². The highest BCUT2D eigenvalue weighted by Crippen LogP contribution is 2.31. The molecule has 0 saturated carbocycles. The lowest BCUT2D eigenvalue weighted by molar-refractivity contribution is 0.250. The van der Waals surface area contributed by atoms with E-state index in [2.05, 4.69) is 15.2 Å². The quantitative estimate of drug-likeness (QED) is 0.853. The van der Waals surface area contributed by atoms with Crippen LogP contribution >= 0.6 is 0 Å². The van der Waals surface area contributed by atoms with Gasteiger partial charge in [0, 0.05) is 19.6 Å². The molecule has 0 amide bonds. The van der Waals surface area contributed by atoms with E-state index in [0.717, 1.165) is 49.0 Å². The van der Waals surface area contributed by atoms with E-state index in [1.165, 1.54) is 0 Å². The number of rotatable bonds is 6. The van der Waals surface area contributed by atoms with Crippen LogP contribution in [0.2, 0.25) is 0 Å². The number of nitrogens with zero attached hydrogens (tertiary/aromatic N) is 2. The summed E-state index contributed by atoms with van der Waals surface area (Å²) in [6.07, 6.45) is 1.07. The molecule has 0 atom stereocenters. The second-order valence-electron chi connectivity index (χ2n) is 5.00. The smallest absolute Gasteiger partial charge is 0.172 e. The van der Waals surface area contributed by atoms with Crippen molar-refractivity contribution in [3.8, 4) is 11.5 Å². The zero-order valence-corrected chi connectivity index (χ0v) is 12.5. The maximum atomic E-state index is 5.94. The molecule has 0 saturated heterocycles. The highest BCUT2D eigenvalue weighted by Gasteiger charge is 2.16. The molecule has 0 fully saturated rings. The lowest BCUT2D eigenvalue weighted by atomic mass is 10.1. The van der Waals surface area contributed by atoms with E-state index in [1.54, 1.807) is 7.11 Å². The molecule has 0 aliphatic carbocycles. The zero-order valence-electron chi connectivity index (χ0n) is 12.5. The minimum atomic E-state index is 0.619. The zero-order chi connectivity index (χ0) is 14.4. The Morgan fingerprint density at radius 3 is 2.85 bits per heavy atom. The van der Waals surface area contributed by atoms with Gasteiger partial charge in [-0.2, -0.15) is 0 Å². The molecule has 0 unspecified atom stereocenters. The first-order valence-electron chi connectivity index (χ1n) is 6.95. The molecule has 110 valence electrons. The Morgan fingerprint density at radius 2 is 2.20 bits per heavy atom. The maximum Gasteiger partial charge on any atom is 0.172 e. The van der Waals surface area contributed by atoms with Gasteiger partial charge in [0.1, 0.15) is 12.4 Å². The fourth-order valence-electron chi connectivity index (χ4n) is 2.06. The van der Waals surface area contributed by atoms with Gasteiger partial charge in [0.05, 0.1) is 12.7 Å². The Kier molecular flexibility index (Phi) is 5.24. The molecule has 5 heteroatoms. The van der Waals surface area contributed by atoms with Gasteiger partial charge in [0.25, 0.3) is 0 Å². The SMILES string of the molecule is COc1cccc(C2=NCCCN2)c1OCCN(C)C. The summed E-state index contributed by atoms with van der Waals surface area (Å²) in [6, 6.07) is 5.90. The number of para-hydroxylation sites is 1. The Labute approximate surface area is 120 Å². The minimum Gasteiger partial charge on any atom is -0.493 e. The lowest BCUT2D eigenvalue weighted by Gasteiger charge is -2.20. The van der Waals surface area contributed by atoms with E-state index in [1.807, 2.05) is 32.3 Å². The van der Waals surface area contributed by atoms with Crippen LogP contribution in [0.3, 0.4) is 0 Å². The van der Waals surface area contributed by atoms with E-state index in [0.29, 0.717) is 6.61 Å². The topological polar surface area (TPSA) is 46.1 Å². The summed E-state index contributed by atoms with van der Waals surface area (Å²) < 4.78 is 11.3. The van der Waals surface area contributed by atoms with Crippen LogP contribution in [0.4, 0.5) is 0 Å². The molecular formula is C15H23N3O2. The first kappa shape index (κ1) is 14.7. The fourth-order valence-corrected chi connectivity index (χ4v) is 2.06. The second kappa shape index (κ2) is 7.14. The van der Waals surface area contributed by atoms with Crippen LogP contribution in [-0.2, 0) is 0 Å². The molecule has 0 radical (unpaired) electrons. The molecule has 1 heterocycles. The van der Waals surface area contributed by atoms with Crippen molar-refractivity contribution < 1.29 is 9.47 Å². The third-order valence-corrected chi connectivity index (χ3v) is 3.14. The highest BCUT2D eigenvalue weighted by molar-refractivity contribution is 6.02. The van der Waals surface area contributed by atoms with Gasteiger partial charge in [-0.05, 0) is 32.6 Å². The Balaban J connectivity index is 2.23. The van der Waals surface area contributed by atoms with Crippen molar-refractivity contribution in [1.29, 1.82) is 0 Å². The predicted octanol–water partition coefficient (Wildman–Crippen LogP) is 1.38. The molecule has 1 N–H and O–H groups in total. The lowest BCUT2D eigenvalue weighted by Crippen LogP contribution is -2.31. The van der Waals surface area contributed by atoms with Crippen LogP contribution in [0.15, 0.2) is 23.2 Å². The van der Waals surface area contributed by atoms with Crippen molar-refractivity contribution >= 4 is 5.84 Å². The average Bonchev–Trinajstić information content (AvgIpc) is 2.48. The van der Waals surface area contributed by atoms with Crippen LogP contribution in [0.5, 0.6) is 11.5 Å². The average molecular weight is 277 g/mol. The number of hydrogen-bond acceptors (Lipinski definition) is 5. The Bertz CT molecular complexity index is 472. The van der Waals surface area contributed by atoms with Gasteiger partial charge in [-0.15, -0.1) is 0 Å². The number of aliphatic imine (C=N–C) groups is 1. The highest BCUT2D eigenvalue weighted by atomic mass is 16.5. The van der Waals surface area contributed by atoms with Gasteiger partial charge in [-0.25, -0.2) is 0 Å². The van der Waals surface area contributed by atoms with Crippen molar-refractivity contribution in [1.82, 2.24) is 10.2 Å². The number of methoxy groups -OCH3 is 1. The fraction of sp³-hybridized carbons (Fsp3) is 0.533. The Morgan fingerprint density at radius 1 is 1.35 bits per heavy atom. The van der Waals surface area contributed by atoms with E-state index in [9.17, 15) is 0 Å². The van der Waals surface area contributed by atoms with Gasteiger partial charge in [-0.3, -0.25) is 4.99 Å². The van der Waals surface area contributed by atoms with Crippen molar-refractivity contribution in [2.24, 2.45) is 4.99 Å². The summed E-state index contributed by atoms with van der Waals surface area (Å²) in [5.41, 5.74) is 0.975. The van der Waals surface area contributed by atoms with Gasteiger partial charge in [0.15, 0.2) is 11.5 Å². The molecule has 5 nitrogen and oxygen atoms in total. The van der Waals surface area contributed by atoms with E-state index >= 15 is 0 Å². The van der Waals surface area contributed by atoms with E-state index < -0.39 is 0 Å². The van der Waals surface area contributed by atoms with Crippen molar-refractivity contribution in [2.75, 3.05) is 47.4 Å². The van der Waals surface area contributed by atoms with Gasteiger partial charge < -0.3 is 19.7 Å². The molecule has 1 aliphatic rings. The largest absolute Gasteiger partial charge is 0.493 e. The van der Waals surface area contributed by atoms with Crippen LogP contribution in [0, 0.1) is 0 Å². The number of nitrogens with one attached hydrogen (secondary N) is 1. The predicted molar refractivity (Wildman–Crippen MR) is 81.1 cm³/mol. The third-order valence-electron chi connectivity index (χ3n) is 3.14. The minimum absolute atomic E-state index is 0.619. The molecule has 1 aliphatic heterocycles. The summed E-state index contributed by atoms with van der Waals surface area (Å²) in [6.45, 7) is 3.29. The second-order valence-corrected chi connectivity index (χ2v) is 5.00. The van der Waals surface area contributed by atoms with E-state index in [4.69, 9.17) is 9.47 Å². The molecule has 0 aromatic heterocycles.